The lowest BCUT2D eigenvalue weighted by Crippen LogP contribution is -2.40. The van der Waals surface area contributed by atoms with Crippen molar-refractivity contribution >= 4 is 34.2 Å². The molecule has 178 valence electrons. The molecular weight excluding hydrogens is 428 g/mol. The molecule has 0 spiro atoms. The first kappa shape index (κ1) is 22.5. The van der Waals surface area contributed by atoms with Crippen LogP contribution < -0.4 is 15.5 Å². The third-order valence-corrected chi connectivity index (χ3v) is 7.04. The highest BCUT2D eigenvalue weighted by Crippen LogP contribution is 2.34. The van der Waals surface area contributed by atoms with Crippen LogP contribution in [0.15, 0.2) is 59.2 Å². The number of anilines is 2. The molecule has 2 aliphatic rings. The summed E-state index contributed by atoms with van der Waals surface area (Å²) in [4.78, 5) is 28.2. The Morgan fingerprint density at radius 3 is 2.53 bits per heavy atom. The fraction of sp³-hybridized carbons (Fsp3) is 0.407. The minimum Gasteiger partial charge on any atom is -0.464 e. The molecule has 2 N–H and O–H groups in total. The molecule has 0 radical (unpaired) electrons. The quantitative estimate of drug-likeness (QED) is 0.562. The molecule has 0 saturated carbocycles. The number of carbonyl (C=O) groups is 2. The predicted octanol–water partition coefficient (Wildman–Crippen LogP) is 4.60. The van der Waals surface area contributed by atoms with E-state index in [-0.39, 0.29) is 11.8 Å². The first-order valence-corrected chi connectivity index (χ1v) is 12.2. The zero-order valence-corrected chi connectivity index (χ0v) is 19.6. The molecule has 3 aromatic rings. The largest absolute Gasteiger partial charge is 0.464 e. The number of hydrogen-bond donors (Lipinski definition) is 2. The average molecular weight is 461 g/mol. The Balaban J connectivity index is 1.12. The van der Waals surface area contributed by atoms with E-state index in [2.05, 4.69) is 33.7 Å². The predicted molar refractivity (Wildman–Crippen MR) is 135 cm³/mol. The van der Waals surface area contributed by atoms with Gasteiger partial charge in [0.2, 0.25) is 0 Å². The molecule has 7 nitrogen and oxygen atoms in total. The second-order valence-corrected chi connectivity index (χ2v) is 9.44. The molecule has 3 heterocycles. The van der Waals surface area contributed by atoms with E-state index < -0.39 is 0 Å². The lowest BCUT2D eigenvalue weighted by atomic mass is 9.89. The van der Waals surface area contributed by atoms with Gasteiger partial charge in [0, 0.05) is 54.5 Å². The molecule has 34 heavy (non-hydrogen) atoms. The first-order valence-electron chi connectivity index (χ1n) is 12.2. The van der Waals surface area contributed by atoms with Gasteiger partial charge < -0.3 is 24.9 Å². The first-order chi connectivity index (χ1) is 16.6. The number of rotatable bonds is 6. The Bertz CT molecular complexity index is 1150. The molecule has 0 aliphatic carbocycles. The Kier molecular flexibility index (Phi) is 6.54. The van der Waals surface area contributed by atoms with E-state index in [1.807, 2.05) is 41.5 Å². The molecule has 1 aromatic heterocycles. The summed E-state index contributed by atoms with van der Waals surface area (Å²) in [5, 5.41) is 7.55. The van der Waals surface area contributed by atoms with Crippen LogP contribution in [0.5, 0.6) is 0 Å². The summed E-state index contributed by atoms with van der Waals surface area (Å²) >= 11 is 0. The standard InChI is InChI=1S/C27H32N4O3/c1-19(32)16-28-22-12-15-31(17-22)23-8-6-21(7-9-23)29-27(33)30-13-10-20(11-14-30)25-18-34-26-5-3-2-4-24(25)26/h2-9,18,20,22,28H,10-17H2,1H3,(H,29,33). The highest BCUT2D eigenvalue weighted by molar-refractivity contribution is 5.89. The maximum absolute atomic E-state index is 12.8. The van der Waals surface area contributed by atoms with Gasteiger partial charge in [-0.3, -0.25) is 4.79 Å². The van der Waals surface area contributed by atoms with Gasteiger partial charge in [-0.25, -0.2) is 4.79 Å². The number of likely N-dealkylation sites (tertiary alicyclic amines) is 1. The van der Waals surface area contributed by atoms with Crippen LogP contribution in [-0.2, 0) is 4.79 Å². The number of nitrogens with zero attached hydrogens (tertiary/aromatic N) is 2. The van der Waals surface area contributed by atoms with E-state index >= 15 is 0 Å². The van der Waals surface area contributed by atoms with Crippen LogP contribution >= 0.6 is 0 Å². The van der Waals surface area contributed by atoms with Gasteiger partial charge in [-0.2, -0.15) is 0 Å². The summed E-state index contributed by atoms with van der Waals surface area (Å²) in [6.45, 7) is 5.35. The van der Waals surface area contributed by atoms with Crippen molar-refractivity contribution in [2.45, 2.75) is 38.1 Å². The number of Topliss-reactive ketones (excluding diaryl/α,β-unsaturated/α-hetero) is 1. The van der Waals surface area contributed by atoms with Crippen LogP contribution in [0.2, 0.25) is 0 Å². The van der Waals surface area contributed by atoms with Crippen molar-refractivity contribution in [3.05, 3.63) is 60.4 Å². The number of fused-ring (bicyclic) bond motifs is 1. The van der Waals surface area contributed by atoms with E-state index in [1.165, 1.54) is 10.9 Å². The number of para-hydroxylation sites is 1. The number of carbonyl (C=O) groups excluding carboxylic acids is 2. The van der Waals surface area contributed by atoms with Crippen LogP contribution in [0.1, 0.15) is 37.7 Å². The molecule has 5 rings (SSSR count). The molecular formula is C27H32N4O3. The zero-order valence-electron chi connectivity index (χ0n) is 19.6. The Morgan fingerprint density at radius 2 is 1.76 bits per heavy atom. The summed E-state index contributed by atoms with van der Waals surface area (Å²) < 4.78 is 5.72. The van der Waals surface area contributed by atoms with E-state index in [9.17, 15) is 9.59 Å². The van der Waals surface area contributed by atoms with Crippen molar-refractivity contribution in [3.8, 4) is 0 Å². The topological polar surface area (TPSA) is 77.8 Å². The number of urea groups is 1. The van der Waals surface area contributed by atoms with Crippen molar-refractivity contribution in [1.82, 2.24) is 10.2 Å². The van der Waals surface area contributed by atoms with Gasteiger partial charge in [-0.15, -0.1) is 0 Å². The minimum absolute atomic E-state index is 0.0436. The van der Waals surface area contributed by atoms with Crippen LogP contribution in [0.3, 0.4) is 0 Å². The van der Waals surface area contributed by atoms with E-state index in [0.717, 1.165) is 62.4 Å². The molecule has 2 saturated heterocycles. The van der Waals surface area contributed by atoms with Crippen molar-refractivity contribution in [2.75, 3.05) is 42.9 Å². The number of piperidine rings is 1. The lowest BCUT2D eigenvalue weighted by Gasteiger charge is -2.31. The van der Waals surface area contributed by atoms with Gasteiger partial charge in [0.25, 0.3) is 0 Å². The van der Waals surface area contributed by atoms with Crippen molar-refractivity contribution in [2.24, 2.45) is 0 Å². The van der Waals surface area contributed by atoms with Crippen LogP contribution in [0, 0.1) is 0 Å². The zero-order chi connectivity index (χ0) is 23.5. The number of amides is 2. The van der Waals surface area contributed by atoms with Gasteiger partial charge >= 0.3 is 6.03 Å². The molecule has 0 bridgehead atoms. The molecule has 1 atom stereocenters. The second-order valence-electron chi connectivity index (χ2n) is 9.44. The maximum Gasteiger partial charge on any atom is 0.321 e. The summed E-state index contributed by atoms with van der Waals surface area (Å²) in [6, 6.07) is 16.5. The Morgan fingerprint density at radius 1 is 1.00 bits per heavy atom. The summed E-state index contributed by atoms with van der Waals surface area (Å²) in [6.07, 6.45) is 4.78. The minimum atomic E-state index is -0.0436. The summed E-state index contributed by atoms with van der Waals surface area (Å²) in [5.74, 6) is 0.582. The molecule has 1 unspecified atom stereocenters. The molecule has 2 amide bonds. The fourth-order valence-corrected chi connectivity index (χ4v) is 5.12. The molecule has 7 heteroatoms. The van der Waals surface area contributed by atoms with Crippen LogP contribution in [-0.4, -0.2) is 55.5 Å². The van der Waals surface area contributed by atoms with Crippen molar-refractivity contribution in [1.29, 1.82) is 0 Å². The number of furan rings is 1. The highest BCUT2D eigenvalue weighted by Gasteiger charge is 2.26. The number of benzene rings is 2. The highest BCUT2D eigenvalue weighted by atomic mass is 16.3. The van der Waals surface area contributed by atoms with Gasteiger partial charge in [-0.05, 0) is 62.4 Å². The SMILES string of the molecule is CC(=O)CNC1CCN(c2ccc(NC(=O)N3CCC(c4coc5ccccc45)CC3)cc2)C1. The number of ketones is 1. The molecule has 2 aliphatic heterocycles. The Labute approximate surface area is 200 Å². The number of nitrogens with one attached hydrogen (secondary N) is 2. The maximum atomic E-state index is 12.8. The monoisotopic (exact) mass is 460 g/mol. The summed E-state index contributed by atoms with van der Waals surface area (Å²) in [7, 11) is 0. The third-order valence-electron chi connectivity index (χ3n) is 7.04. The van der Waals surface area contributed by atoms with Gasteiger partial charge in [0.1, 0.15) is 11.4 Å². The van der Waals surface area contributed by atoms with Gasteiger partial charge in [-0.1, -0.05) is 18.2 Å². The van der Waals surface area contributed by atoms with Crippen molar-refractivity contribution < 1.29 is 14.0 Å². The summed E-state index contributed by atoms with van der Waals surface area (Å²) in [5.41, 5.74) is 4.13. The smallest absolute Gasteiger partial charge is 0.321 e. The molecule has 2 aromatic carbocycles. The van der Waals surface area contributed by atoms with Crippen molar-refractivity contribution in [3.63, 3.8) is 0 Å². The van der Waals surface area contributed by atoms with E-state index in [4.69, 9.17) is 4.42 Å². The van der Waals surface area contributed by atoms with Gasteiger partial charge in [0.15, 0.2) is 0 Å². The second kappa shape index (κ2) is 9.89. The third kappa shape index (κ3) is 4.94. The number of hydrogen-bond acceptors (Lipinski definition) is 5. The normalized spacial score (nSPS) is 19.0. The molecule has 2 fully saturated rings. The fourth-order valence-electron chi connectivity index (χ4n) is 5.12. The Hall–Kier alpha value is -3.32. The van der Waals surface area contributed by atoms with Gasteiger partial charge in [0.05, 0.1) is 12.8 Å². The average Bonchev–Trinajstić information content (AvgIpc) is 3.51. The van der Waals surface area contributed by atoms with E-state index in [0.29, 0.717) is 18.5 Å². The lowest BCUT2D eigenvalue weighted by molar-refractivity contribution is -0.116. The van der Waals surface area contributed by atoms with E-state index in [1.54, 1.807) is 6.92 Å². The van der Waals surface area contributed by atoms with Crippen LogP contribution in [0.4, 0.5) is 16.2 Å². The van der Waals surface area contributed by atoms with Crippen LogP contribution in [0.25, 0.3) is 11.0 Å².